The number of likely N-dealkylation sites (tertiary alicyclic amines) is 1. The van der Waals surface area contributed by atoms with Gasteiger partial charge in [-0.05, 0) is 52.2 Å². The zero-order valence-electron chi connectivity index (χ0n) is 12.9. The molecule has 1 N–H and O–H groups in total. The van der Waals surface area contributed by atoms with Gasteiger partial charge in [-0.2, -0.15) is 0 Å². The van der Waals surface area contributed by atoms with Crippen LogP contribution in [0, 0.1) is 6.92 Å². The van der Waals surface area contributed by atoms with Gasteiger partial charge < -0.3 is 10.2 Å². The van der Waals surface area contributed by atoms with Gasteiger partial charge in [0.15, 0.2) is 0 Å². The van der Waals surface area contributed by atoms with Crippen molar-refractivity contribution in [1.29, 1.82) is 0 Å². The third-order valence-corrected chi connectivity index (χ3v) is 4.19. The number of rotatable bonds is 3. The lowest BCUT2D eigenvalue weighted by atomic mass is 9.89. The molecule has 1 amide bonds. The van der Waals surface area contributed by atoms with Crippen LogP contribution in [0.4, 0.5) is 0 Å². The van der Waals surface area contributed by atoms with Crippen molar-refractivity contribution >= 4 is 5.91 Å². The number of pyridine rings is 1. The minimum Gasteiger partial charge on any atom is -0.345 e. The normalized spacial score (nSPS) is 19.1. The molecule has 0 aliphatic carbocycles. The number of carbonyl (C=O) groups excluding carboxylic acids is 1. The van der Waals surface area contributed by atoms with Crippen LogP contribution in [0.5, 0.6) is 0 Å². The van der Waals surface area contributed by atoms with Crippen molar-refractivity contribution < 1.29 is 4.79 Å². The highest BCUT2D eigenvalue weighted by atomic mass is 16.2. The van der Waals surface area contributed by atoms with E-state index >= 15 is 0 Å². The first-order chi connectivity index (χ1) is 9.39. The maximum absolute atomic E-state index is 12.3. The molecular weight excluding hydrogens is 250 g/mol. The van der Waals surface area contributed by atoms with Crippen LogP contribution in [-0.2, 0) is 0 Å². The van der Waals surface area contributed by atoms with E-state index in [2.05, 4.69) is 36.0 Å². The summed E-state index contributed by atoms with van der Waals surface area (Å²) >= 11 is 0. The summed E-state index contributed by atoms with van der Waals surface area (Å²) in [5.41, 5.74) is 1.45. The number of hydrogen-bond acceptors (Lipinski definition) is 3. The van der Waals surface area contributed by atoms with Crippen molar-refractivity contribution in [2.75, 3.05) is 13.1 Å². The molecule has 0 spiro atoms. The molecule has 0 saturated carbocycles. The van der Waals surface area contributed by atoms with Gasteiger partial charge in [-0.1, -0.05) is 6.07 Å². The summed E-state index contributed by atoms with van der Waals surface area (Å²) in [5, 5.41) is 3.16. The SMILES string of the molecule is Cc1ccc(C(=O)NC2(C)CCN(C(C)C)CC2)nc1. The van der Waals surface area contributed by atoms with Gasteiger partial charge in [-0.25, -0.2) is 0 Å². The number of nitrogens with zero attached hydrogens (tertiary/aromatic N) is 2. The van der Waals surface area contributed by atoms with Gasteiger partial charge in [0.1, 0.15) is 5.69 Å². The largest absolute Gasteiger partial charge is 0.345 e. The first kappa shape index (κ1) is 15.0. The Labute approximate surface area is 121 Å². The minimum atomic E-state index is -0.116. The summed E-state index contributed by atoms with van der Waals surface area (Å²) in [6, 6.07) is 4.29. The molecule has 0 bridgehead atoms. The average Bonchev–Trinajstić information content (AvgIpc) is 2.39. The summed E-state index contributed by atoms with van der Waals surface area (Å²) in [6.07, 6.45) is 3.71. The van der Waals surface area contributed by atoms with Gasteiger partial charge in [-0.15, -0.1) is 0 Å². The van der Waals surface area contributed by atoms with Crippen molar-refractivity contribution in [1.82, 2.24) is 15.2 Å². The molecule has 0 radical (unpaired) electrons. The van der Waals surface area contributed by atoms with Crippen molar-refractivity contribution in [2.24, 2.45) is 0 Å². The first-order valence-electron chi connectivity index (χ1n) is 7.39. The predicted molar refractivity (Wildman–Crippen MR) is 80.8 cm³/mol. The Morgan fingerprint density at radius 3 is 2.50 bits per heavy atom. The number of nitrogens with one attached hydrogen (secondary N) is 1. The Balaban J connectivity index is 1.96. The van der Waals surface area contributed by atoms with Gasteiger partial charge in [0.2, 0.25) is 0 Å². The topological polar surface area (TPSA) is 45.2 Å². The third kappa shape index (κ3) is 3.57. The van der Waals surface area contributed by atoms with Crippen molar-refractivity contribution in [3.05, 3.63) is 29.6 Å². The van der Waals surface area contributed by atoms with Crippen LogP contribution in [0.2, 0.25) is 0 Å². The first-order valence-corrected chi connectivity index (χ1v) is 7.39. The van der Waals surface area contributed by atoms with Crippen molar-refractivity contribution in [2.45, 2.75) is 52.1 Å². The second-order valence-corrected chi connectivity index (χ2v) is 6.37. The summed E-state index contributed by atoms with van der Waals surface area (Å²) in [7, 11) is 0. The van der Waals surface area contributed by atoms with E-state index in [0.29, 0.717) is 11.7 Å². The molecule has 20 heavy (non-hydrogen) atoms. The molecule has 1 aromatic heterocycles. The zero-order valence-corrected chi connectivity index (χ0v) is 12.9. The molecule has 2 rings (SSSR count). The second kappa shape index (κ2) is 5.92. The smallest absolute Gasteiger partial charge is 0.270 e. The molecule has 1 aliphatic heterocycles. The van der Waals surface area contributed by atoms with E-state index in [-0.39, 0.29) is 11.4 Å². The Kier molecular flexibility index (Phi) is 4.43. The van der Waals surface area contributed by atoms with Gasteiger partial charge in [-0.3, -0.25) is 9.78 Å². The third-order valence-electron chi connectivity index (χ3n) is 4.19. The number of amides is 1. The second-order valence-electron chi connectivity index (χ2n) is 6.37. The molecule has 110 valence electrons. The van der Waals surface area contributed by atoms with E-state index in [1.54, 1.807) is 12.3 Å². The molecule has 0 atom stereocenters. The van der Waals surface area contributed by atoms with Crippen LogP contribution < -0.4 is 5.32 Å². The molecule has 0 unspecified atom stereocenters. The average molecular weight is 275 g/mol. The maximum Gasteiger partial charge on any atom is 0.270 e. The zero-order chi connectivity index (χ0) is 14.8. The Hall–Kier alpha value is -1.42. The molecular formula is C16H25N3O. The van der Waals surface area contributed by atoms with E-state index in [1.165, 1.54) is 0 Å². The minimum absolute atomic E-state index is 0.0644. The van der Waals surface area contributed by atoms with E-state index in [1.807, 2.05) is 13.0 Å². The number of aromatic nitrogens is 1. The number of piperidine rings is 1. The standard InChI is InChI=1S/C16H25N3O/c1-12(2)19-9-7-16(4,8-10-19)18-15(20)14-6-5-13(3)11-17-14/h5-6,11-12H,7-10H2,1-4H3,(H,18,20). The molecule has 1 fully saturated rings. The van der Waals surface area contributed by atoms with Gasteiger partial charge in [0, 0.05) is 30.9 Å². The lowest BCUT2D eigenvalue weighted by Gasteiger charge is -2.41. The van der Waals surface area contributed by atoms with Crippen molar-refractivity contribution in [3.63, 3.8) is 0 Å². The molecule has 1 aromatic rings. The van der Waals surface area contributed by atoms with Gasteiger partial charge in [0.25, 0.3) is 5.91 Å². The van der Waals surface area contributed by atoms with Crippen LogP contribution in [0.1, 0.15) is 49.7 Å². The quantitative estimate of drug-likeness (QED) is 0.921. The molecule has 4 nitrogen and oxygen atoms in total. The Morgan fingerprint density at radius 2 is 2.00 bits per heavy atom. The maximum atomic E-state index is 12.3. The lowest BCUT2D eigenvalue weighted by molar-refractivity contribution is 0.0797. The van der Waals surface area contributed by atoms with Crippen LogP contribution in [0.3, 0.4) is 0 Å². The van der Waals surface area contributed by atoms with Gasteiger partial charge in [0.05, 0.1) is 0 Å². The summed E-state index contributed by atoms with van der Waals surface area (Å²) in [5.74, 6) is -0.0644. The number of aryl methyl sites for hydroxylation is 1. The van der Waals surface area contributed by atoms with Crippen LogP contribution in [0.25, 0.3) is 0 Å². The predicted octanol–water partition coefficient (Wildman–Crippen LogP) is 2.38. The Bertz CT molecular complexity index is 459. The van der Waals surface area contributed by atoms with Crippen molar-refractivity contribution in [3.8, 4) is 0 Å². The summed E-state index contributed by atoms with van der Waals surface area (Å²) in [4.78, 5) is 18.9. The number of carbonyl (C=O) groups is 1. The summed E-state index contributed by atoms with van der Waals surface area (Å²) in [6.45, 7) is 10.6. The van der Waals surface area contributed by atoms with Crippen LogP contribution >= 0.6 is 0 Å². The number of hydrogen-bond donors (Lipinski definition) is 1. The lowest BCUT2D eigenvalue weighted by Crippen LogP contribution is -2.54. The highest BCUT2D eigenvalue weighted by Gasteiger charge is 2.32. The van der Waals surface area contributed by atoms with E-state index in [9.17, 15) is 4.79 Å². The summed E-state index contributed by atoms with van der Waals surface area (Å²) < 4.78 is 0. The molecule has 1 aliphatic rings. The highest BCUT2D eigenvalue weighted by molar-refractivity contribution is 5.92. The molecule has 1 saturated heterocycles. The molecule has 2 heterocycles. The van der Waals surface area contributed by atoms with E-state index in [4.69, 9.17) is 0 Å². The monoisotopic (exact) mass is 275 g/mol. The fraction of sp³-hybridized carbons (Fsp3) is 0.625. The Morgan fingerprint density at radius 1 is 1.35 bits per heavy atom. The van der Waals surface area contributed by atoms with E-state index in [0.717, 1.165) is 31.5 Å². The molecule has 4 heteroatoms. The van der Waals surface area contributed by atoms with Crippen LogP contribution in [0.15, 0.2) is 18.3 Å². The van der Waals surface area contributed by atoms with E-state index < -0.39 is 0 Å². The van der Waals surface area contributed by atoms with Crippen LogP contribution in [-0.4, -0.2) is 40.5 Å². The molecule has 0 aromatic carbocycles. The highest BCUT2D eigenvalue weighted by Crippen LogP contribution is 2.23. The fourth-order valence-corrected chi connectivity index (χ4v) is 2.60. The fourth-order valence-electron chi connectivity index (χ4n) is 2.60. The van der Waals surface area contributed by atoms with Gasteiger partial charge >= 0.3 is 0 Å².